The number of nitro benzene ring substituents is 2. The molecule has 0 amide bonds. The minimum atomic E-state index is -0.505. The number of aromatic nitrogens is 2. The number of benzene rings is 2. The van der Waals surface area contributed by atoms with Gasteiger partial charge in [-0.1, -0.05) is 12.1 Å². The summed E-state index contributed by atoms with van der Waals surface area (Å²) in [7, 11) is 1.50. The van der Waals surface area contributed by atoms with Crippen molar-refractivity contribution in [2.75, 3.05) is 7.11 Å². The summed E-state index contributed by atoms with van der Waals surface area (Å²) in [6.07, 6.45) is -0.469. The van der Waals surface area contributed by atoms with Crippen LogP contribution in [0, 0.1) is 20.2 Å². The summed E-state index contributed by atoms with van der Waals surface area (Å²) in [5.41, 5.74) is 1.29. The van der Waals surface area contributed by atoms with E-state index in [1.165, 1.54) is 36.1 Å². The number of nitro groups is 2. The van der Waals surface area contributed by atoms with Crippen molar-refractivity contribution in [2.24, 2.45) is 0 Å². The van der Waals surface area contributed by atoms with Gasteiger partial charge < -0.3 is 9.47 Å². The van der Waals surface area contributed by atoms with Crippen LogP contribution in [0.2, 0.25) is 0 Å². The number of non-ortho nitro benzene ring substituents is 2. The number of nitrogens with zero attached hydrogens (tertiary/aromatic N) is 4. The summed E-state index contributed by atoms with van der Waals surface area (Å²) < 4.78 is 12.1. The third-order valence-electron chi connectivity index (χ3n) is 4.04. The molecule has 2 aromatic carbocycles. The second-order valence-electron chi connectivity index (χ2n) is 5.71. The molecule has 0 aliphatic rings. The number of rotatable bonds is 7. The van der Waals surface area contributed by atoms with Gasteiger partial charge in [-0.15, -0.1) is 0 Å². The van der Waals surface area contributed by atoms with Gasteiger partial charge in [0.1, 0.15) is 12.4 Å². The van der Waals surface area contributed by atoms with Gasteiger partial charge in [0.05, 0.1) is 15.4 Å². The molecule has 3 aromatic rings. The molecule has 1 heterocycles. The number of hydrogen-bond acceptors (Lipinski definition) is 7. The lowest BCUT2D eigenvalue weighted by Crippen LogP contribution is -2.14. The second-order valence-corrected chi connectivity index (χ2v) is 5.71. The molecule has 1 unspecified atom stereocenters. The molecular formula is C17H16N4O6. The summed E-state index contributed by atoms with van der Waals surface area (Å²) in [5.74, 6) is 0. The Morgan fingerprint density at radius 2 is 1.81 bits per heavy atom. The van der Waals surface area contributed by atoms with Crippen molar-refractivity contribution >= 4 is 22.3 Å². The Hall–Kier alpha value is -3.37. The molecule has 0 bridgehead atoms. The molecule has 0 aliphatic carbocycles. The average Bonchev–Trinajstić information content (AvgIpc) is 3.04. The monoisotopic (exact) mass is 372 g/mol. The predicted octanol–water partition coefficient (Wildman–Crippen LogP) is 3.49. The normalized spacial score (nSPS) is 12.2. The summed E-state index contributed by atoms with van der Waals surface area (Å²) in [4.78, 5) is 21.2. The van der Waals surface area contributed by atoms with Crippen LogP contribution in [0.5, 0.6) is 0 Å². The number of ether oxygens (including phenoxy) is 2. The topological polar surface area (TPSA) is 123 Å². The highest BCUT2D eigenvalue weighted by Crippen LogP contribution is 2.32. The fraction of sp³-hybridized carbons (Fsp3) is 0.235. The standard InChI is InChI=1S/C17H16N4O6/c1-11(26-2)27-10-19-16-7-6-14(21(24)25)9-15(16)17(18-19)12-4-3-5-13(8-12)20(22)23/h3-9,11H,10H2,1-2H3. The Bertz CT molecular complexity index is 1020. The number of fused-ring (bicyclic) bond motifs is 1. The van der Waals surface area contributed by atoms with Gasteiger partial charge in [0.15, 0.2) is 6.29 Å². The van der Waals surface area contributed by atoms with Crippen LogP contribution in [0.25, 0.3) is 22.2 Å². The van der Waals surface area contributed by atoms with Crippen molar-refractivity contribution in [2.45, 2.75) is 19.9 Å². The Morgan fingerprint density at radius 3 is 2.48 bits per heavy atom. The van der Waals surface area contributed by atoms with Gasteiger partial charge in [0, 0.05) is 42.3 Å². The van der Waals surface area contributed by atoms with Crippen molar-refractivity contribution in [3.8, 4) is 11.3 Å². The van der Waals surface area contributed by atoms with Gasteiger partial charge in [-0.05, 0) is 13.0 Å². The van der Waals surface area contributed by atoms with Gasteiger partial charge in [-0.2, -0.15) is 5.10 Å². The van der Waals surface area contributed by atoms with E-state index in [9.17, 15) is 20.2 Å². The first-order valence-electron chi connectivity index (χ1n) is 7.95. The molecule has 0 fully saturated rings. The summed E-state index contributed by atoms with van der Waals surface area (Å²) in [6, 6.07) is 10.3. The van der Waals surface area contributed by atoms with Gasteiger partial charge in [-0.25, -0.2) is 4.68 Å². The van der Waals surface area contributed by atoms with E-state index in [2.05, 4.69) is 5.10 Å². The summed E-state index contributed by atoms with van der Waals surface area (Å²) in [5, 5.41) is 27.2. The van der Waals surface area contributed by atoms with E-state index in [1.54, 1.807) is 25.1 Å². The lowest BCUT2D eigenvalue weighted by Gasteiger charge is -2.11. The lowest BCUT2D eigenvalue weighted by molar-refractivity contribution is -0.384. The Morgan fingerprint density at radius 1 is 1.11 bits per heavy atom. The fourth-order valence-corrected chi connectivity index (χ4v) is 2.60. The molecule has 0 saturated heterocycles. The molecule has 27 heavy (non-hydrogen) atoms. The van der Waals surface area contributed by atoms with E-state index >= 15 is 0 Å². The molecule has 0 radical (unpaired) electrons. The van der Waals surface area contributed by atoms with E-state index in [0.29, 0.717) is 22.2 Å². The van der Waals surface area contributed by atoms with Gasteiger partial charge in [0.2, 0.25) is 0 Å². The maximum Gasteiger partial charge on any atom is 0.270 e. The first-order chi connectivity index (χ1) is 12.9. The molecule has 3 rings (SSSR count). The average molecular weight is 372 g/mol. The third kappa shape index (κ3) is 3.76. The molecule has 0 N–H and O–H groups in total. The molecule has 1 aromatic heterocycles. The van der Waals surface area contributed by atoms with E-state index in [0.717, 1.165) is 0 Å². The fourth-order valence-electron chi connectivity index (χ4n) is 2.60. The SMILES string of the molecule is COC(C)OCn1nc(-c2cccc([N+](=O)[O-])c2)c2cc([N+](=O)[O-])ccc21. The first-order valence-corrected chi connectivity index (χ1v) is 7.95. The molecular weight excluding hydrogens is 356 g/mol. The lowest BCUT2D eigenvalue weighted by atomic mass is 10.1. The van der Waals surface area contributed by atoms with Crippen LogP contribution in [0.15, 0.2) is 42.5 Å². The van der Waals surface area contributed by atoms with Gasteiger partial charge in [0.25, 0.3) is 11.4 Å². The highest BCUT2D eigenvalue weighted by molar-refractivity contribution is 5.95. The molecule has 0 aliphatic heterocycles. The van der Waals surface area contributed by atoms with Crippen molar-refractivity contribution in [3.63, 3.8) is 0 Å². The number of hydrogen-bond donors (Lipinski definition) is 0. The zero-order valence-corrected chi connectivity index (χ0v) is 14.6. The number of methoxy groups -OCH3 is 1. The molecule has 10 nitrogen and oxygen atoms in total. The minimum absolute atomic E-state index is 0.0538. The summed E-state index contributed by atoms with van der Waals surface area (Å²) in [6.45, 7) is 1.77. The van der Waals surface area contributed by atoms with E-state index in [4.69, 9.17) is 9.47 Å². The molecule has 0 spiro atoms. The van der Waals surface area contributed by atoms with Crippen LogP contribution in [0.4, 0.5) is 11.4 Å². The zero-order valence-electron chi connectivity index (χ0n) is 14.6. The maximum absolute atomic E-state index is 11.1. The van der Waals surface area contributed by atoms with Crippen molar-refractivity contribution < 1.29 is 19.3 Å². The second kappa shape index (κ2) is 7.48. The van der Waals surface area contributed by atoms with Crippen LogP contribution >= 0.6 is 0 Å². The quantitative estimate of drug-likeness (QED) is 0.353. The molecule has 140 valence electrons. The summed E-state index contributed by atoms with van der Waals surface area (Å²) >= 11 is 0. The van der Waals surface area contributed by atoms with Crippen molar-refractivity contribution in [3.05, 3.63) is 62.7 Å². The minimum Gasteiger partial charge on any atom is -0.356 e. The van der Waals surface area contributed by atoms with Gasteiger partial charge in [-0.3, -0.25) is 20.2 Å². The van der Waals surface area contributed by atoms with Crippen LogP contribution < -0.4 is 0 Å². The smallest absolute Gasteiger partial charge is 0.270 e. The van der Waals surface area contributed by atoms with Crippen LogP contribution in [-0.2, 0) is 16.2 Å². The molecule has 10 heteroatoms. The third-order valence-corrected chi connectivity index (χ3v) is 4.04. The Kier molecular flexibility index (Phi) is 5.10. The molecule has 0 saturated carbocycles. The van der Waals surface area contributed by atoms with Crippen molar-refractivity contribution in [1.29, 1.82) is 0 Å². The molecule has 1 atom stereocenters. The highest BCUT2D eigenvalue weighted by Gasteiger charge is 2.18. The van der Waals surface area contributed by atoms with Crippen molar-refractivity contribution in [1.82, 2.24) is 9.78 Å². The van der Waals surface area contributed by atoms with Crippen LogP contribution in [0.1, 0.15) is 6.92 Å². The van der Waals surface area contributed by atoms with E-state index in [1.807, 2.05) is 0 Å². The zero-order chi connectivity index (χ0) is 19.6. The predicted molar refractivity (Wildman–Crippen MR) is 96.0 cm³/mol. The van der Waals surface area contributed by atoms with Gasteiger partial charge >= 0.3 is 0 Å². The van der Waals surface area contributed by atoms with E-state index in [-0.39, 0.29) is 18.1 Å². The highest BCUT2D eigenvalue weighted by atomic mass is 16.7. The van der Waals surface area contributed by atoms with Crippen LogP contribution in [0.3, 0.4) is 0 Å². The van der Waals surface area contributed by atoms with Crippen LogP contribution in [-0.4, -0.2) is 33.0 Å². The largest absolute Gasteiger partial charge is 0.356 e. The Labute approximate surface area is 153 Å². The maximum atomic E-state index is 11.1. The van der Waals surface area contributed by atoms with E-state index < -0.39 is 16.1 Å². The Balaban J connectivity index is 2.15. The first kappa shape index (κ1) is 18.4.